The summed E-state index contributed by atoms with van der Waals surface area (Å²) in [6.07, 6.45) is -0.928. The van der Waals surface area contributed by atoms with Crippen LogP contribution in [0.1, 0.15) is 81.1 Å². The third kappa shape index (κ3) is 15.3. The largest absolute Gasteiger partial charge is 0.434 e. The smallest absolute Gasteiger partial charge is 0.379 e. The number of carbonyl (C=O) groups excluding carboxylic acids is 7. The second kappa shape index (κ2) is 22.6. The minimum Gasteiger partial charge on any atom is -0.379 e. The molecule has 0 aromatic rings. The van der Waals surface area contributed by atoms with Gasteiger partial charge in [-0.1, -0.05) is 61.8 Å². The molecule has 0 aliphatic rings. The van der Waals surface area contributed by atoms with Crippen LogP contribution >= 0.6 is 0 Å². The number of nitrogens with zero attached hydrogens (tertiary/aromatic N) is 2. The maximum Gasteiger partial charge on any atom is 0.434 e. The number of hydrogen-bond acceptors (Lipinski definition) is 10. The van der Waals surface area contributed by atoms with Crippen LogP contribution in [0.5, 0.6) is 0 Å². The maximum atomic E-state index is 13.9. The van der Waals surface area contributed by atoms with E-state index in [1.807, 2.05) is 19.3 Å². The molecule has 0 saturated heterocycles. The Labute approximate surface area is 301 Å². The number of amides is 8. The van der Waals surface area contributed by atoms with Crippen molar-refractivity contribution >= 4 is 41.7 Å². The van der Waals surface area contributed by atoms with Gasteiger partial charge in [-0.15, -0.1) is 0 Å². The average Bonchev–Trinajstić information content (AvgIpc) is 3.04. The minimum atomic E-state index is -1.19. The number of urea groups is 1. The van der Waals surface area contributed by atoms with Crippen LogP contribution in [0.4, 0.5) is 9.59 Å². The molecule has 0 saturated carbocycles. The van der Waals surface area contributed by atoms with E-state index in [0.29, 0.717) is 6.42 Å². The van der Waals surface area contributed by atoms with Gasteiger partial charge in [0.2, 0.25) is 23.6 Å². The Morgan fingerprint density at radius 3 is 1.82 bits per heavy atom. The summed E-state index contributed by atoms with van der Waals surface area (Å²) in [7, 11) is 4.33. The number of nitrogens with one attached hydrogen (secondary N) is 4. The zero-order valence-corrected chi connectivity index (χ0v) is 32.1. The Kier molecular flexibility index (Phi) is 20.7. The van der Waals surface area contributed by atoms with E-state index in [-0.39, 0.29) is 43.6 Å². The van der Waals surface area contributed by atoms with E-state index in [4.69, 9.17) is 26.8 Å². The number of ether oxygens (including phenoxy) is 1. The van der Waals surface area contributed by atoms with Crippen LogP contribution in [0.25, 0.3) is 0 Å². The van der Waals surface area contributed by atoms with E-state index < -0.39 is 83.9 Å². The molecular weight excluding hydrogens is 666 g/mol. The first kappa shape index (κ1) is 46.8. The number of methoxy groups -OCH3 is 1. The number of hydrogen-bond donors (Lipinski definition) is 7. The molecule has 0 fully saturated rings. The van der Waals surface area contributed by atoms with Crippen molar-refractivity contribution in [2.75, 3.05) is 27.7 Å². The van der Waals surface area contributed by atoms with Gasteiger partial charge in [0, 0.05) is 27.7 Å². The van der Waals surface area contributed by atoms with Gasteiger partial charge in [0.1, 0.15) is 18.1 Å². The SMILES string of the molecule is CC[C@H](C)[C@@H]([C@@H](CC(N)=O)OC)N(C)C(=O)[C@@H](NC(=O)[C@H](C(C)C)N(C)C(=O)ONC(=O)[C@H](CCCNC(N)=O)NC(=O)[C@@H](N)C(C)C)C(C)C. The number of hydroxylamine groups is 1. The monoisotopic (exact) mass is 729 g/mol. The summed E-state index contributed by atoms with van der Waals surface area (Å²) in [5, 5.41) is 7.71. The van der Waals surface area contributed by atoms with Crippen molar-refractivity contribution in [2.45, 2.75) is 117 Å². The molecule has 0 radical (unpaired) electrons. The third-order valence-electron chi connectivity index (χ3n) is 8.81. The number of nitrogens with two attached hydrogens (primary N) is 3. The minimum absolute atomic E-state index is 0.0394. The fourth-order valence-electron chi connectivity index (χ4n) is 5.53. The number of rotatable bonds is 21. The molecule has 0 unspecified atom stereocenters. The predicted molar refractivity (Wildman–Crippen MR) is 190 cm³/mol. The van der Waals surface area contributed by atoms with Crippen molar-refractivity contribution < 1.29 is 43.1 Å². The topological polar surface area (TPSA) is 271 Å². The second-order valence-corrected chi connectivity index (χ2v) is 13.9. The summed E-state index contributed by atoms with van der Waals surface area (Å²) in [4.78, 5) is 96.8. The molecule has 0 aliphatic heterocycles. The molecule has 18 nitrogen and oxygen atoms in total. The highest BCUT2D eigenvalue weighted by atomic mass is 16.7. The normalized spacial score (nSPS) is 15.4. The number of likely N-dealkylation sites (N-methyl/N-ethyl adjacent to an activating group) is 2. The van der Waals surface area contributed by atoms with Crippen molar-refractivity contribution in [3.63, 3.8) is 0 Å². The van der Waals surface area contributed by atoms with Crippen molar-refractivity contribution in [2.24, 2.45) is 40.9 Å². The first-order valence-corrected chi connectivity index (χ1v) is 17.3. The number of carbonyl (C=O) groups is 7. The van der Waals surface area contributed by atoms with Crippen molar-refractivity contribution in [3.8, 4) is 0 Å². The quantitative estimate of drug-likeness (QED) is 0.0610. The molecule has 18 heteroatoms. The summed E-state index contributed by atoms with van der Waals surface area (Å²) in [6.45, 7) is 14.4. The summed E-state index contributed by atoms with van der Waals surface area (Å²) >= 11 is 0. The van der Waals surface area contributed by atoms with Crippen LogP contribution in [-0.2, 0) is 33.5 Å². The molecule has 7 atom stereocenters. The maximum absolute atomic E-state index is 13.9. The van der Waals surface area contributed by atoms with Gasteiger partial charge < -0.3 is 47.6 Å². The summed E-state index contributed by atoms with van der Waals surface area (Å²) in [5.41, 5.74) is 18.5. The molecule has 294 valence electrons. The van der Waals surface area contributed by atoms with Crippen LogP contribution in [0.15, 0.2) is 0 Å². The van der Waals surface area contributed by atoms with Gasteiger partial charge in [-0.25, -0.2) is 9.59 Å². The van der Waals surface area contributed by atoms with E-state index in [2.05, 4.69) is 16.0 Å². The zero-order valence-electron chi connectivity index (χ0n) is 32.1. The summed E-state index contributed by atoms with van der Waals surface area (Å²) in [6, 6.07) is -5.55. The van der Waals surface area contributed by atoms with Crippen molar-refractivity contribution in [1.29, 1.82) is 0 Å². The van der Waals surface area contributed by atoms with Gasteiger partial charge in [0.05, 0.1) is 24.6 Å². The second-order valence-electron chi connectivity index (χ2n) is 13.9. The Morgan fingerprint density at radius 1 is 0.784 bits per heavy atom. The van der Waals surface area contributed by atoms with E-state index >= 15 is 0 Å². The molecule has 0 heterocycles. The van der Waals surface area contributed by atoms with E-state index in [0.717, 1.165) is 4.90 Å². The standard InChI is InChI=1S/C33H63N9O9/c1-12-20(8)27(22(50-11)16-23(34)43)41(9)31(47)25(18(4)5)39-30(46)26(19(6)7)42(10)33(49)51-40-28(44)21(14-13-15-37-32(36)48)38-29(45)24(35)17(2)3/h17-22,24-27H,12-16,35H2,1-11H3,(H2,34,43)(H,38,45)(H,39,46)(H,40,44)(H3,36,37,48)/t20-,21-,22+,24-,25-,26-,27-/m0/s1. The van der Waals surface area contributed by atoms with Crippen molar-refractivity contribution in [1.82, 2.24) is 31.2 Å². The summed E-state index contributed by atoms with van der Waals surface area (Å²) in [5.74, 6) is -4.29. The van der Waals surface area contributed by atoms with E-state index in [9.17, 15) is 33.6 Å². The fraction of sp³-hybridized carbons (Fsp3) is 0.788. The lowest BCUT2D eigenvalue weighted by atomic mass is 9.89. The van der Waals surface area contributed by atoms with Gasteiger partial charge in [-0.05, 0) is 36.5 Å². The lowest BCUT2D eigenvalue weighted by Gasteiger charge is -2.40. The molecule has 10 N–H and O–H groups in total. The van der Waals surface area contributed by atoms with Crippen LogP contribution < -0.4 is 38.6 Å². The van der Waals surface area contributed by atoms with E-state index in [1.165, 1.54) is 19.1 Å². The molecule has 51 heavy (non-hydrogen) atoms. The molecule has 0 rings (SSSR count). The van der Waals surface area contributed by atoms with Gasteiger partial charge in [-0.2, -0.15) is 5.48 Å². The molecule has 0 aromatic carbocycles. The van der Waals surface area contributed by atoms with Crippen LogP contribution in [0.2, 0.25) is 0 Å². The number of primary amides is 2. The molecule has 8 amide bonds. The van der Waals surface area contributed by atoms with E-state index in [1.54, 1.807) is 48.6 Å². The lowest BCUT2D eigenvalue weighted by Crippen LogP contribution is -2.60. The van der Waals surface area contributed by atoms with Crippen molar-refractivity contribution in [3.05, 3.63) is 0 Å². The first-order valence-electron chi connectivity index (χ1n) is 17.3. The average molecular weight is 730 g/mol. The van der Waals surface area contributed by atoms with Crippen LogP contribution in [0.3, 0.4) is 0 Å². The predicted octanol–water partition coefficient (Wildman–Crippen LogP) is -0.0685. The molecule has 0 aliphatic carbocycles. The Morgan fingerprint density at radius 2 is 1.37 bits per heavy atom. The highest BCUT2D eigenvalue weighted by Crippen LogP contribution is 2.23. The Balaban J connectivity index is 5.97. The first-order chi connectivity index (χ1) is 23.6. The molecule has 0 bridgehead atoms. The molecular formula is C33H63N9O9. The Bertz CT molecular complexity index is 1180. The van der Waals surface area contributed by atoms with Crippen LogP contribution in [-0.4, -0.2) is 116 Å². The fourth-order valence-corrected chi connectivity index (χ4v) is 5.53. The Hall–Kier alpha value is -4.19. The van der Waals surface area contributed by atoms with Gasteiger partial charge >= 0.3 is 12.1 Å². The zero-order chi connectivity index (χ0) is 39.7. The van der Waals surface area contributed by atoms with Gasteiger partial charge in [0.15, 0.2) is 0 Å². The van der Waals surface area contributed by atoms with Crippen LogP contribution in [0, 0.1) is 23.7 Å². The molecule has 0 spiro atoms. The third-order valence-corrected chi connectivity index (χ3v) is 8.81. The lowest BCUT2D eigenvalue weighted by molar-refractivity contribution is -0.144. The van der Waals surface area contributed by atoms with Gasteiger partial charge in [-0.3, -0.25) is 28.9 Å². The summed E-state index contributed by atoms with van der Waals surface area (Å²) < 4.78 is 5.58. The molecule has 0 aromatic heterocycles. The van der Waals surface area contributed by atoms with Gasteiger partial charge in [0.25, 0.3) is 5.91 Å². The highest BCUT2D eigenvalue weighted by Gasteiger charge is 2.39. The highest BCUT2D eigenvalue weighted by molar-refractivity contribution is 5.92.